The number of methoxy groups -OCH3 is 1. The SMILES string of the molecule is COc1ccc(C(N)=O)c(-c2c(Cl)c(F)cc3c2[C@H](C)C([I-]NC2CCN(C(=O)C4CCN(CC5CCN(c6ccc7c(N8CCC(=O)NC8=O)nn(C)c7c6)CC5)CC4)CC2)(c2ccccc2)O3)c1F. The van der Waals surface area contributed by atoms with Crippen molar-refractivity contribution in [3.8, 4) is 22.6 Å². The average molecular weight is 1110 g/mol. The molecule has 0 saturated carbocycles. The maximum atomic E-state index is 16.2. The van der Waals surface area contributed by atoms with E-state index in [2.05, 4.69) is 35.9 Å². The number of carbonyl (C=O) groups excluding carboxylic acids is 4. The Balaban J connectivity index is 0.726. The van der Waals surface area contributed by atoms with Gasteiger partial charge in [0, 0.05) is 44.2 Å². The van der Waals surface area contributed by atoms with Gasteiger partial charge in [0.05, 0.1) is 5.52 Å². The molecule has 5 amide bonds. The predicted molar refractivity (Wildman–Crippen MR) is 262 cm³/mol. The molecule has 19 heteroatoms. The molecule has 376 valence electrons. The van der Waals surface area contributed by atoms with E-state index < -0.39 is 54.6 Å². The van der Waals surface area contributed by atoms with Crippen LogP contribution >= 0.6 is 11.6 Å². The van der Waals surface area contributed by atoms with Crippen LogP contribution in [0.4, 0.5) is 25.1 Å². The summed E-state index contributed by atoms with van der Waals surface area (Å²) in [5.74, 6) is -1.85. The van der Waals surface area contributed by atoms with Crippen molar-refractivity contribution >= 4 is 57.8 Å². The molecule has 5 aliphatic rings. The van der Waals surface area contributed by atoms with Crippen LogP contribution in [0, 0.1) is 23.5 Å². The number of imide groups is 1. The third-order valence-corrected chi connectivity index (χ3v) is 19.3. The molecule has 4 N–H and O–H groups in total. The minimum atomic E-state index is -1.07. The van der Waals surface area contributed by atoms with E-state index in [1.54, 1.807) is 4.68 Å². The number of aromatic nitrogens is 2. The van der Waals surface area contributed by atoms with Crippen molar-refractivity contribution in [2.24, 2.45) is 24.6 Å². The monoisotopic (exact) mass is 1100 g/mol. The van der Waals surface area contributed by atoms with Crippen LogP contribution in [0.5, 0.6) is 11.5 Å². The number of likely N-dealkylation sites (tertiary alicyclic amines) is 2. The summed E-state index contributed by atoms with van der Waals surface area (Å²) in [5, 5.41) is 7.57. The van der Waals surface area contributed by atoms with Gasteiger partial charge < -0.3 is 4.90 Å². The Morgan fingerprint density at radius 3 is 2.37 bits per heavy atom. The van der Waals surface area contributed by atoms with Crippen molar-refractivity contribution in [3.63, 3.8) is 0 Å². The van der Waals surface area contributed by atoms with Crippen molar-refractivity contribution in [2.75, 3.05) is 69.3 Å². The van der Waals surface area contributed by atoms with Crippen LogP contribution in [0.15, 0.2) is 66.7 Å². The van der Waals surface area contributed by atoms with E-state index >= 15 is 8.78 Å². The number of ether oxygens (including phenoxy) is 2. The van der Waals surface area contributed by atoms with Crippen LogP contribution in [0.3, 0.4) is 0 Å². The van der Waals surface area contributed by atoms with Crippen molar-refractivity contribution in [1.29, 1.82) is 0 Å². The van der Waals surface area contributed by atoms with Crippen LogP contribution in [-0.4, -0.2) is 109 Å². The Morgan fingerprint density at radius 2 is 1.68 bits per heavy atom. The third kappa shape index (κ3) is 9.29. The van der Waals surface area contributed by atoms with Crippen LogP contribution in [-0.2, 0) is 20.2 Å². The molecule has 5 aromatic rings. The molecule has 4 saturated heterocycles. The van der Waals surface area contributed by atoms with Gasteiger partial charge in [-0.1, -0.05) is 0 Å². The predicted octanol–water partition coefficient (Wildman–Crippen LogP) is 4.29. The molecule has 5 aliphatic heterocycles. The minimum absolute atomic E-state index is 0.0118. The van der Waals surface area contributed by atoms with Crippen molar-refractivity contribution in [2.45, 2.75) is 67.4 Å². The van der Waals surface area contributed by atoms with Gasteiger partial charge in [-0.25, -0.2) is 4.79 Å². The first-order valence-corrected chi connectivity index (χ1v) is 27.0. The molecular weight excluding hydrogens is 1050 g/mol. The van der Waals surface area contributed by atoms with Crippen LogP contribution in [0.1, 0.15) is 79.3 Å². The van der Waals surface area contributed by atoms with Crippen LogP contribution in [0.25, 0.3) is 22.0 Å². The fourth-order valence-electron chi connectivity index (χ4n) is 11.2. The summed E-state index contributed by atoms with van der Waals surface area (Å²) in [6.07, 6.45) is 5.67. The first-order chi connectivity index (χ1) is 34.2. The molecule has 2 atom stereocenters. The zero-order valence-corrected chi connectivity index (χ0v) is 42.9. The van der Waals surface area contributed by atoms with Gasteiger partial charge >= 0.3 is 302 Å². The van der Waals surface area contributed by atoms with Gasteiger partial charge in [-0.15, -0.1) is 0 Å². The van der Waals surface area contributed by atoms with Gasteiger partial charge in [0.2, 0.25) is 5.91 Å². The molecule has 1 aromatic heterocycles. The van der Waals surface area contributed by atoms with Crippen molar-refractivity contribution in [3.05, 3.63) is 100 Å². The molecule has 4 fully saturated rings. The summed E-state index contributed by atoms with van der Waals surface area (Å²) >= 11 is 5.65. The zero-order chi connectivity index (χ0) is 49.7. The summed E-state index contributed by atoms with van der Waals surface area (Å²) in [6, 6.07) is 19.6. The first-order valence-electron chi connectivity index (χ1n) is 24.4. The summed E-state index contributed by atoms with van der Waals surface area (Å²) in [5.41, 5.74) is 8.80. The van der Waals surface area contributed by atoms with Gasteiger partial charge in [-0.2, -0.15) is 5.10 Å². The first kappa shape index (κ1) is 49.0. The number of nitrogens with two attached hydrogens (primary N) is 1. The molecule has 10 rings (SSSR count). The van der Waals surface area contributed by atoms with E-state index in [0.717, 1.165) is 93.4 Å². The Bertz CT molecular complexity index is 2890. The van der Waals surface area contributed by atoms with E-state index in [9.17, 15) is 19.2 Å². The number of carbonyl (C=O) groups is 4. The van der Waals surface area contributed by atoms with E-state index in [-0.39, 0.29) is 63.4 Å². The number of hydrogen-bond acceptors (Lipinski definition) is 10. The van der Waals surface area contributed by atoms with Crippen molar-refractivity contribution < 1.29 is 58.9 Å². The number of fused-ring (bicyclic) bond motifs is 2. The molecule has 0 aliphatic carbocycles. The van der Waals surface area contributed by atoms with Crippen LogP contribution < -0.4 is 55.3 Å². The van der Waals surface area contributed by atoms with Crippen molar-refractivity contribution in [1.82, 2.24) is 28.4 Å². The number of hydrogen-bond donors (Lipinski definition) is 3. The second-order valence-electron chi connectivity index (χ2n) is 19.4. The zero-order valence-electron chi connectivity index (χ0n) is 40.0. The molecule has 0 radical (unpaired) electrons. The van der Waals surface area contributed by atoms with Gasteiger partial charge in [0.1, 0.15) is 0 Å². The number of benzene rings is 4. The number of anilines is 2. The van der Waals surface area contributed by atoms with E-state index in [1.807, 2.05) is 55.3 Å². The number of amides is 5. The number of nitrogens with zero attached hydrogens (tertiary/aromatic N) is 6. The fraction of sp³-hybridized carbons (Fsp3) is 0.442. The molecule has 0 spiro atoms. The van der Waals surface area contributed by atoms with Gasteiger partial charge in [-0.3, -0.25) is 19.7 Å². The molecule has 1 unspecified atom stereocenters. The summed E-state index contributed by atoms with van der Waals surface area (Å²) < 4.78 is 48.8. The molecule has 15 nitrogen and oxygen atoms in total. The standard InChI is InChI=1S/C52H58ClF2IN9O6/c1-30-43-41(28-38(54)46(53)45(43)44-37(48(57)67)11-12-40(70-3)47(44)55)71-52(30,33-7-5-4-6-8-33)56-59-34-17-24-64(25-18-34)50(68)32-15-20-62(21-16-32)29-31-13-22-63(23-14-31)35-9-10-36-39(27-35)61(2)60-49(36)65-26-19-42(66)58-51(65)69/h4-12,27-28,30-32,34,59H,13-26,29H2,1-3H3,(H2,57,67)(H,58,66,69)/q-1/t30-,52?/m0/s1. The third-order valence-electron chi connectivity index (χ3n) is 15.2. The summed E-state index contributed by atoms with van der Waals surface area (Å²) in [7, 11) is 3.18. The number of nitrogens with one attached hydrogen (secondary N) is 2. The number of piperidine rings is 3. The number of aryl methyl sites for hydroxylation is 1. The summed E-state index contributed by atoms with van der Waals surface area (Å²) in [4.78, 5) is 59.5. The molecular formula is C52H58ClF2IN9O6-. The van der Waals surface area contributed by atoms with Gasteiger partial charge in [-0.05, 0) is 31.0 Å². The van der Waals surface area contributed by atoms with E-state index in [4.69, 9.17) is 26.8 Å². The quantitative estimate of drug-likeness (QED) is 0.0933. The molecule has 6 heterocycles. The number of primary amides is 1. The number of alkyl halides is 1. The Kier molecular flexibility index (Phi) is 13.9. The molecule has 0 bridgehead atoms. The van der Waals surface area contributed by atoms with E-state index in [1.165, 1.54) is 30.2 Å². The summed E-state index contributed by atoms with van der Waals surface area (Å²) in [6.45, 7) is 8.33. The molecule has 71 heavy (non-hydrogen) atoms. The second-order valence-corrected chi connectivity index (χ2v) is 22.5. The maximum absolute atomic E-state index is 16.2. The fourth-order valence-corrected chi connectivity index (χ4v) is 14.8. The number of rotatable bonds is 12. The number of urea groups is 1. The Hall–Kier alpha value is -5.57. The van der Waals surface area contributed by atoms with Gasteiger partial charge in [0.25, 0.3) is 0 Å². The van der Waals surface area contributed by atoms with E-state index in [0.29, 0.717) is 36.9 Å². The Labute approximate surface area is 426 Å². The number of halogens is 4. The average Bonchev–Trinajstić information content (AvgIpc) is 3.86. The normalized spacial score (nSPS) is 21.7. The topological polar surface area (TPSA) is 168 Å². The van der Waals surface area contributed by atoms with Gasteiger partial charge in [0.15, 0.2) is 5.82 Å². The second kappa shape index (κ2) is 20.1. The molecule has 4 aromatic carbocycles. The Morgan fingerprint density at radius 1 is 0.944 bits per heavy atom. The van der Waals surface area contributed by atoms with Crippen LogP contribution in [0.2, 0.25) is 5.02 Å².